The van der Waals surface area contributed by atoms with E-state index in [-0.39, 0.29) is 11.9 Å². The van der Waals surface area contributed by atoms with Crippen molar-refractivity contribution < 1.29 is 19.0 Å². The summed E-state index contributed by atoms with van der Waals surface area (Å²) in [6.45, 7) is 4.95. The summed E-state index contributed by atoms with van der Waals surface area (Å²) in [6.07, 6.45) is -0.713. The molecular formula is C19H24FNO3. The van der Waals surface area contributed by atoms with Gasteiger partial charge in [-0.25, -0.2) is 4.39 Å². The summed E-state index contributed by atoms with van der Waals surface area (Å²) in [5, 5.41) is 13.6. The Labute approximate surface area is 142 Å². The minimum absolute atomic E-state index is 0.187. The standard InChI is InChI=1S/C19H24FNO3/c1-4-24-18-11-14(5-10-17(18)23-3)12-21-13(2)19(22)15-6-8-16(20)9-7-15/h5-11,13,19,21-22H,4,12H2,1-3H3. The maximum absolute atomic E-state index is 13.0. The van der Waals surface area contributed by atoms with Gasteiger partial charge in [0.2, 0.25) is 0 Å². The van der Waals surface area contributed by atoms with E-state index in [2.05, 4.69) is 5.32 Å². The zero-order chi connectivity index (χ0) is 17.5. The summed E-state index contributed by atoms with van der Waals surface area (Å²) in [7, 11) is 1.61. The van der Waals surface area contributed by atoms with Crippen molar-refractivity contribution in [2.75, 3.05) is 13.7 Å². The predicted octanol–water partition coefficient (Wildman–Crippen LogP) is 3.44. The van der Waals surface area contributed by atoms with Crippen LogP contribution in [0.2, 0.25) is 0 Å². The first-order valence-electron chi connectivity index (χ1n) is 8.01. The molecule has 5 heteroatoms. The van der Waals surface area contributed by atoms with Gasteiger partial charge in [-0.15, -0.1) is 0 Å². The van der Waals surface area contributed by atoms with Crippen LogP contribution in [-0.2, 0) is 6.54 Å². The molecule has 0 fully saturated rings. The summed E-state index contributed by atoms with van der Waals surface area (Å²) in [5.74, 6) is 1.08. The minimum atomic E-state index is -0.713. The Morgan fingerprint density at radius 3 is 2.46 bits per heavy atom. The van der Waals surface area contributed by atoms with Crippen LogP contribution in [0.15, 0.2) is 42.5 Å². The van der Waals surface area contributed by atoms with Gasteiger partial charge in [0.15, 0.2) is 11.5 Å². The molecular weight excluding hydrogens is 309 g/mol. The van der Waals surface area contributed by atoms with Gasteiger partial charge in [-0.1, -0.05) is 18.2 Å². The van der Waals surface area contributed by atoms with E-state index in [9.17, 15) is 9.50 Å². The summed E-state index contributed by atoms with van der Waals surface area (Å²) in [5.41, 5.74) is 1.71. The number of aliphatic hydroxyl groups is 1. The molecule has 0 saturated heterocycles. The molecule has 0 bridgehead atoms. The van der Waals surface area contributed by atoms with Crippen LogP contribution in [0, 0.1) is 5.82 Å². The monoisotopic (exact) mass is 333 g/mol. The van der Waals surface area contributed by atoms with Crippen LogP contribution in [0.4, 0.5) is 4.39 Å². The molecule has 0 aromatic heterocycles. The van der Waals surface area contributed by atoms with Crippen molar-refractivity contribution >= 4 is 0 Å². The molecule has 2 unspecified atom stereocenters. The van der Waals surface area contributed by atoms with Gasteiger partial charge >= 0.3 is 0 Å². The van der Waals surface area contributed by atoms with E-state index in [1.807, 2.05) is 32.0 Å². The second kappa shape index (κ2) is 8.66. The van der Waals surface area contributed by atoms with E-state index in [0.29, 0.717) is 30.2 Å². The van der Waals surface area contributed by atoms with Crippen molar-refractivity contribution in [3.8, 4) is 11.5 Å². The number of ether oxygens (including phenoxy) is 2. The fourth-order valence-electron chi connectivity index (χ4n) is 2.44. The van der Waals surface area contributed by atoms with E-state index >= 15 is 0 Å². The lowest BCUT2D eigenvalue weighted by molar-refractivity contribution is 0.135. The second-order valence-electron chi connectivity index (χ2n) is 5.58. The largest absolute Gasteiger partial charge is 0.493 e. The third-order valence-electron chi connectivity index (χ3n) is 3.84. The summed E-state index contributed by atoms with van der Waals surface area (Å²) < 4.78 is 23.8. The van der Waals surface area contributed by atoms with Crippen molar-refractivity contribution in [2.24, 2.45) is 0 Å². The lowest BCUT2D eigenvalue weighted by Crippen LogP contribution is -2.31. The Hall–Kier alpha value is -2.11. The minimum Gasteiger partial charge on any atom is -0.493 e. The Morgan fingerprint density at radius 1 is 1.12 bits per heavy atom. The first kappa shape index (κ1) is 18.2. The molecule has 2 atom stereocenters. The Bertz CT molecular complexity index is 646. The van der Waals surface area contributed by atoms with E-state index in [1.54, 1.807) is 19.2 Å². The third kappa shape index (κ3) is 4.69. The van der Waals surface area contributed by atoms with Crippen LogP contribution >= 0.6 is 0 Å². The van der Waals surface area contributed by atoms with E-state index in [0.717, 1.165) is 5.56 Å². The van der Waals surface area contributed by atoms with Crippen LogP contribution < -0.4 is 14.8 Å². The molecule has 2 N–H and O–H groups in total. The molecule has 130 valence electrons. The maximum Gasteiger partial charge on any atom is 0.161 e. The predicted molar refractivity (Wildman–Crippen MR) is 91.8 cm³/mol. The molecule has 0 aliphatic carbocycles. The number of methoxy groups -OCH3 is 1. The first-order chi connectivity index (χ1) is 11.5. The fourth-order valence-corrected chi connectivity index (χ4v) is 2.44. The molecule has 0 amide bonds. The maximum atomic E-state index is 13.0. The van der Waals surface area contributed by atoms with Crippen LogP contribution in [-0.4, -0.2) is 24.9 Å². The number of halogens is 1. The molecule has 0 saturated carbocycles. The fraction of sp³-hybridized carbons (Fsp3) is 0.368. The summed E-state index contributed by atoms with van der Waals surface area (Å²) >= 11 is 0. The number of hydrogen-bond acceptors (Lipinski definition) is 4. The number of rotatable bonds is 8. The molecule has 0 radical (unpaired) electrons. The highest BCUT2D eigenvalue weighted by Crippen LogP contribution is 2.28. The molecule has 24 heavy (non-hydrogen) atoms. The van der Waals surface area contributed by atoms with E-state index in [4.69, 9.17) is 9.47 Å². The zero-order valence-corrected chi connectivity index (χ0v) is 14.3. The van der Waals surface area contributed by atoms with Crippen LogP contribution in [0.25, 0.3) is 0 Å². The van der Waals surface area contributed by atoms with Gasteiger partial charge in [0, 0.05) is 12.6 Å². The normalized spacial score (nSPS) is 13.4. The van der Waals surface area contributed by atoms with Crippen molar-refractivity contribution in [1.29, 1.82) is 0 Å². The smallest absolute Gasteiger partial charge is 0.161 e. The summed E-state index contributed by atoms with van der Waals surface area (Å²) in [4.78, 5) is 0. The highest BCUT2D eigenvalue weighted by molar-refractivity contribution is 5.43. The molecule has 2 aromatic carbocycles. The first-order valence-corrected chi connectivity index (χ1v) is 8.01. The molecule has 0 aliphatic heterocycles. The number of hydrogen-bond donors (Lipinski definition) is 2. The molecule has 2 aromatic rings. The second-order valence-corrected chi connectivity index (χ2v) is 5.58. The SMILES string of the molecule is CCOc1cc(CNC(C)C(O)c2ccc(F)cc2)ccc1OC. The lowest BCUT2D eigenvalue weighted by Gasteiger charge is -2.21. The number of benzene rings is 2. The quantitative estimate of drug-likeness (QED) is 0.777. The van der Waals surface area contributed by atoms with Crippen LogP contribution in [0.5, 0.6) is 11.5 Å². The van der Waals surface area contributed by atoms with Crippen molar-refractivity contribution in [2.45, 2.75) is 32.5 Å². The van der Waals surface area contributed by atoms with Gasteiger partial charge < -0.3 is 19.9 Å². The molecule has 0 spiro atoms. The highest BCUT2D eigenvalue weighted by atomic mass is 19.1. The third-order valence-corrected chi connectivity index (χ3v) is 3.84. The topological polar surface area (TPSA) is 50.7 Å². The van der Waals surface area contributed by atoms with Gasteiger partial charge in [-0.2, -0.15) is 0 Å². The lowest BCUT2D eigenvalue weighted by atomic mass is 10.0. The molecule has 0 aliphatic rings. The van der Waals surface area contributed by atoms with Crippen molar-refractivity contribution in [3.63, 3.8) is 0 Å². The van der Waals surface area contributed by atoms with Crippen LogP contribution in [0.1, 0.15) is 31.1 Å². The number of aliphatic hydroxyl groups excluding tert-OH is 1. The summed E-state index contributed by atoms with van der Waals surface area (Å²) in [6, 6.07) is 11.4. The Morgan fingerprint density at radius 2 is 1.83 bits per heavy atom. The zero-order valence-electron chi connectivity index (χ0n) is 14.3. The average Bonchev–Trinajstić information content (AvgIpc) is 2.60. The Balaban J connectivity index is 1.99. The number of nitrogens with one attached hydrogen (secondary N) is 1. The van der Waals surface area contributed by atoms with E-state index in [1.165, 1.54) is 12.1 Å². The highest BCUT2D eigenvalue weighted by Gasteiger charge is 2.16. The van der Waals surface area contributed by atoms with Gasteiger partial charge in [0.25, 0.3) is 0 Å². The van der Waals surface area contributed by atoms with Crippen LogP contribution in [0.3, 0.4) is 0 Å². The Kier molecular flexibility index (Phi) is 6.58. The van der Waals surface area contributed by atoms with Gasteiger partial charge in [-0.3, -0.25) is 0 Å². The molecule has 4 nitrogen and oxygen atoms in total. The van der Waals surface area contributed by atoms with E-state index < -0.39 is 6.10 Å². The van der Waals surface area contributed by atoms with Crippen molar-refractivity contribution in [3.05, 3.63) is 59.4 Å². The molecule has 0 heterocycles. The average molecular weight is 333 g/mol. The van der Waals surface area contributed by atoms with Crippen molar-refractivity contribution in [1.82, 2.24) is 5.32 Å². The molecule has 2 rings (SSSR count). The van der Waals surface area contributed by atoms with Gasteiger partial charge in [0.1, 0.15) is 5.82 Å². The van der Waals surface area contributed by atoms with Gasteiger partial charge in [0.05, 0.1) is 19.8 Å². The van der Waals surface area contributed by atoms with Gasteiger partial charge in [-0.05, 0) is 49.2 Å².